The fraction of sp³-hybridized carbons (Fsp3) is 0.409. The zero-order valence-corrected chi connectivity index (χ0v) is 18.0. The van der Waals surface area contributed by atoms with E-state index in [1.807, 2.05) is 4.90 Å². The Balaban J connectivity index is 1.45. The SMILES string of the molecule is COc1cc(N)c(Cl)cc1C(=O)NC1CCN(CCCOc2ccc(F)cc2)CC1F. The summed E-state index contributed by atoms with van der Waals surface area (Å²) < 4.78 is 38.4. The Morgan fingerprint density at radius 1 is 1.32 bits per heavy atom. The van der Waals surface area contributed by atoms with Crippen LogP contribution >= 0.6 is 11.6 Å². The fourth-order valence-electron chi connectivity index (χ4n) is 3.50. The summed E-state index contributed by atoms with van der Waals surface area (Å²) >= 11 is 6.02. The van der Waals surface area contributed by atoms with Crippen molar-refractivity contribution >= 4 is 23.2 Å². The number of carbonyl (C=O) groups excluding carboxylic acids is 1. The predicted molar refractivity (Wildman–Crippen MR) is 116 cm³/mol. The molecule has 0 bridgehead atoms. The van der Waals surface area contributed by atoms with Gasteiger partial charge in [-0.3, -0.25) is 4.79 Å². The smallest absolute Gasteiger partial charge is 0.255 e. The topological polar surface area (TPSA) is 76.8 Å². The average Bonchev–Trinajstić information content (AvgIpc) is 2.75. The first kappa shape index (κ1) is 23.1. The van der Waals surface area contributed by atoms with Crippen LogP contribution in [0.4, 0.5) is 14.5 Å². The number of nitrogens with one attached hydrogen (secondary N) is 1. The zero-order chi connectivity index (χ0) is 22.4. The van der Waals surface area contributed by atoms with Crippen LogP contribution in [-0.4, -0.2) is 56.4 Å². The van der Waals surface area contributed by atoms with E-state index in [1.54, 1.807) is 12.1 Å². The minimum absolute atomic E-state index is 0.217. The monoisotopic (exact) mass is 453 g/mol. The molecule has 1 saturated heterocycles. The first-order valence-electron chi connectivity index (χ1n) is 10.1. The normalized spacial score (nSPS) is 19.1. The molecule has 3 rings (SSSR count). The highest BCUT2D eigenvalue weighted by Crippen LogP contribution is 2.29. The van der Waals surface area contributed by atoms with Gasteiger partial charge < -0.3 is 25.4 Å². The van der Waals surface area contributed by atoms with Crippen molar-refractivity contribution in [1.29, 1.82) is 0 Å². The lowest BCUT2D eigenvalue weighted by Crippen LogP contribution is -2.52. The van der Waals surface area contributed by atoms with Crippen LogP contribution in [0.3, 0.4) is 0 Å². The largest absolute Gasteiger partial charge is 0.496 e. The van der Waals surface area contributed by atoms with Crippen LogP contribution in [0.5, 0.6) is 11.5 Å². The molecule has 168 valence electrons. The fourth-order valence-corrected chi connectivity index (χ4v) is 3.67. The molecule has 9 heteroatoms. The van der Waals surface area contributed by atoms with Crippen LogP contribution in [0, 0.1) is 5.82 Å². The van der Waals surface area contributed by atoms with Crippen LogP contribution < -0.4 is 20.5 Å². The highest BCUT2D eigenvalue weighted by molar-refractivity contribution is 6.33. The van der Waals surface area contributed by atoms with Gasteiger partial charge in [0.25, 0.3) is 5.91 Å². The number of likely N-dealkylation sites (tertiary alicyclic amines) is 1. The third-order valence-electron chi connectivity index (χ3n) is 5.21. The van der Waals surface area contributed by atoms with Gasteiger partial charge in [-0.05, 0) is 43.2 Å². The third kappa shape index (κ3) is 6.21. The standard InChI is InChI=1S/C22H26ClF2N3O3/c1-30-21-12-19(26)17(23)11-16(21)22(29)27-20-7-9-28(13-18(20)25)8-2-10-31-15-5-3-14(24)4-6-15/h3-6,11-12,18,20H,2,7-10,13,26H2,1H3,(H,27,29). The quantitative estimate of drug-likeness (QED) is 0.471. The molecular weight excluding hydrogens is 428 g/mol. The molecule has 0 saturated carbocycles. The molecule has 2 aromatic carbocycles. The lowest BCUT2D eigenvalue weighted by Gasteiger charge is -2.35. The number of anilines is 1. The second-order valence-electron chi connectivity index (χ2n) is 7.42. The van der Waals surface area contributed by atoms with E-state index in [-0.39, 0.29) is 28.7 Å². The number of nitrogens with two attached hydrogens (primary N) is 1. The Kier molecular flexibility index (Phi) is 7.92. The Bertz CT molecular complexity index is 898. The average molecular weight is 454 g/mol. The number of amides is 1. The predicted octanol–water partition coefficient (Wildman–Crippen LogP) is 3.68. The van der Waals surface area contributed by atoms with E-state index >= 15 is 0 Å². The molecule has 0 radical (unpaired) electrons. The Hall–Kier alpha value is -2.58. The van der Waals surface area contributed by atoms with Gasteiger partial charge in [0.1, 0.15) is 23.5 Å². The second-order valence-corrected chi connectivity index (χ2v) is 7.82. The highest BCUT2D eigenvalue weighted by Gasteiger charge is 2.31. The van der Waals surface area contributed by atoms with Crippen LogP contribution in [0.1, 0.15) is 23.2 Å². The number of halogens is 3. The van der Waals surface area contributed by atoms with Crippen LogP contribution in [0.2, 0.25) is 5.02 Å². The summed E-state index contributed by atoms with van der Waals surface area (Å²) in [5.74, 6) is 0.125. The van der Waals surface area contributed by atoms with Gasteiger partial charge in [0.05, 0.1) is 36.0 Å². The number of alkyl halides is 1. The molecule has 0 aromatic heterocycles. The van der Waals surface area contributed by atoms with E-state index in [4.69, 9.17) is 26.8 Å². The van der Waals surface area contributed by atoms with Crippen molar-refractivity contribution in [1.82, 2.24) is 10.2 Å². The van der Waals surface area contributed by atoms with Crippen molar-refractivity contribution in [2.45, 2.75) is 25.1 Å². The van der Waals surface area contributed by atoms with Crippen LogP contribution in [0.25, 0.3) is 0 Å². The third-order valence-corrected chi connectivity index (χ3v) is 5.53. The number of carbonyl (C=O) groups is 1. The molecule has 2 atom stereocenters. The minimum Gasteiger partial charge on any atom is -0.496 e. The van der Waals surface area contributed by atoms with Gasteiger partial charge in [-0.25, -0.2) is 8.78 Å². The van der Waals surface area contributed by atoms with E-state index in [2.05, 4.69) is 5.32 Å². The van der Waals surface area contributed by atoms with Gasteiger partial charge in [-0.1, -0.05) is 11.6 Å². The van der Waals surface area contributed by atoms with E-state index in [0.717, 1.165) is 0 Å². The highest BCUT2D eigenvalue weighted by atomic mass is 35.5. The van der Waals surface area contributed by atoms with Gasteiger partial charge >= 0.3 is 0 Å². The Morgan fingerprint density at radius 2 is 2.06 bits per heavy atom. The number of benzene rings is 2. The molecule has 1 heterocycles. The van der Waals surface area contributed by atoms with Crippen molar-refractivity contribution in [3.63, 3.8) is 0 Å². The van der Waals surface area contributed by atoms with Crippen LogP contribution in [-0.2, 0) is 0 Å². The van der Waals surface area contributed by atoms with Crippen LogP contribution in [0.15, 0.2) is 36.4 Å². The molecule has 1 amide bonds. The molecule has 31 heavy (non-hydrogen) atoms. The maximum Gasteiger partial charge on any atom is 0.255 e. The van der Waals surface area contributed by atoms with Crippen molar-refractivity contribution in [3.8, 4) is 11.5 Å². The lowest BCUT2D eigenvalue weighted by atomic mass is 10.0. The van der Waals surface area contributed by atoms with Gasteiger partial charge in [0.15, 0.2) is 0 Å². The molecular formula is C22H26ClF2N3O3. The molecule has 0 aliphatic carbocycles. The molecule has 3 N–H and O–H groups in total. The first-order chi connectivity index (χ1) is 14.9. The summed E-state index contributed by atoms with van der Waals surface area (Å²) in [5.41, 5.74) is 6.26. The van der Waals surface area contributed by atoms with Gasteiger partial charge in [-0.2, -0.15) is 0 Å². The summed E-state index contributed by atoms with van der Waals surface area (Å²) in [5, 5.41) is 2.98. The molecule has 6 nitrogen and oxygen atoms in total. The maximum atomic E-state index is 14.7. The molecule has 1 fully saturated rings. The van der Waals surface area contributed by atoms with E-state index in [0.29, 0.717) is 44.0 Å². The summed E-state index contributed by atoms with van der Waals surface area (Å²) in [4.78, 5) is 14.6. The Labute approximate surface area is 185 Å². The second kappa shape index (κ2) is 10.6. The number of rotatable bonds is 8. The number of piperidine rings is 1. The summed E-state index contributed by atoms with van der Waals surface area (Å²) in [6.45, 7) is 2.00. The number of methoxy groups -OCH3 is 1. The molecule has 2 aromatic rings. The molecule has 1 aliphatic rings. The Morgan fingerprint density at radius 3 is 2.74 bits per heavy atom. The number of ether oxygens (including phenoxy) is 2. The number of nitrogens with zero attached hydrogens (tertiary/aromatic N) is 1. The van der Waals surface area contributed by atoms with Crippen molar-refractivity contribution in [3.05, 3.63) is 52.8 Å². The van der Waals surface area contributed by atoms with E-state index in [9.17, 15) is 13.6 Å². The minimum atomic E-state index is -1.20. The molecule has 2 unspecified atom stereocenters. The number of nitrogen functional groups attached to an aromatic ring is 1. The first-order valence-corrected chi connectivity index (χ1v) is 10.4. The van der Waals surface area contributed by atoms with E-state index < -0.39 is 18.1 Å². The van der Waals surface area contributed by atoms with Crippen molar-refractivity contribution in [2.75, 3.05) is 39.1 Å². The van der Waals surface area contributed by atoms with Gasteiger partial charge in [0.2, 0.25) is 0 Å². The van der Waals surface area contributed by atoms with Crippen molar-refractivity contribution < 1.29 is 23.0 Å². The lowest BCUT2D eigenvalue weighted by molar-refractivity contribution is 0.0764. The summed E-state index contributed by atoms with van der Waals surface area (Å²) in [6, 6.07) is 8.14. The van der Waals surface area contributed by atoms with Crippen molar-refractivity contribution in [2.24, 2.45) is 0 Å². The zero-order valence-electron chi connectivity index (χ0n) is 17.2. The van der Waals surface area contributed by atoms with Gasteiger partial charge in [-0.15, -0.1) is 0 Å². The number of hydrogen-bond acceptors (Lipinski definition) is 5. The van der Waals surface area contributed by atoms with Gasteiger partial charge in [0, 0.05) is 25.7 Å². The molecule has 1 aliphatic heterocycles. The maximum absolute atomic E-state index is 14.7. The number of hydrogen-bond donors (Lipinski definition) is 2. The summed E-state index contributed by atoms with van der Waals surface area (Å²) in [7, 11) is 1.43. The summed E-state index contributed by atoms with van der Waals surface area (Å²) in [6.07, 6.45) is -0.00935. The van der Waals surface area contributed by atoms with E-state index in [1.165, 1.54) is 31.4 Å². The molecule has 0 spiro atoms.